The average Bonchev–Trinajstić information content (AvgIpc) is 2.33. The minimum Gasteiger partial charge on any atom is -0.453 e. The fourth-order valence-electron chi connectivity index (χ4n) is 1.30. The van der Waals surface area contributed by atoms with Crippen LogP contribution in [0.4, 0.5) is 4.39 Å². The van der Waals surface area contributed by atoms with Gasteiger partial charge in [-0.15, -0.1) is 0 Å². The van der Waals surface area contributed by atoms with Crippen LogP contribution in [0.3, 0.4) is 0 Å². The van der Waals surface area contributed by atoms with Crippen LogP contribution >= 0.6 is 0 Å². The molecule has 0 aliphatic carbocycles. The SMILES string of the molecule is CC(=O)c1ccc(Oc2ccccc2F)cn1. The summed E-state index contributed by atoms with van der Waals surface area (Å²) in [6.07, 6.45) is 1.39. The van der Waals surface area contributed by atoms with E-state index in [2.05, 4.69) is 4.98 Å². The van der Waals surface area contributed by atoms with Gasteiger partial charge in [-0.25, -0.2) is 9.37 Å². The van der Waals surface area contributed by atoms with Gasteiger partial charge in [0.25, 0.3) is 0 Å². The summed E-state index contributed by atoms with van der Waals surface area (Å²) in [6.45, 7) is 1.43. The Bertz CT molecular complexity index is 537. The van der Waals surface area contributed by atoms with E-state index in [0.29, 0.717) is 11.4 Å². The van der Waals surface area contributed by atoms with E-state index >= 15 is 0 Å². The highest BCUT2D eigenvalue weighted by molar-refractivity contribution is 5.92. The molecule has 0 saturated carbocycles. The van der Waals surface area contributed by atoms with Crippen molar-refractivity contribution in [1.29, 1.82) is 0 Å². The lowest BCUT2D eigenvalue weighted by atomic mass is 10.3. The van der Waals surface area contributed by atoms with Gasteiger partial charge >= 0.3 is 0 Å². The second-order valence-electron chi connectivity index (χ2n) is 3.47. The fraction of sp³-hybridized carbons (Fsp3) is 0.0769. The van der Waals surface area contributed by atoms with Crippen LogP contribution in [0, 0.1) is 5.82 Å². The maximum Gasteiger partial charge on any atom is 0.178 e. The first-order valence-corrected chi connectivity index (χ1v) is 5.06. The summed E-state index contributed by atoms with van der Waals surface area (Å²) in [5.41, 5.74) is 0.353. The van der Waals surface area contributed by atoms with Crippen molar-refractivity contribution >= 4 is 5.78 Å². The number of ketones is 1. The number of Topliss-reactive ketones (excluding diaryl/α,β-unsaturated/α-hetero) is 1. The molecular formula is C13H10FNO2. The van der Waals surface area contributed by atoms with Crippen LogP contribution in [-0.2, 0) is 0 Å². The molecule has 0 saturated heterocycles. The number of para-hydroxylation sites is 1. The molecule has 3 nitrogen and oxygen atoms in total. The average molecular weight is 231 g/mol. The van der Waals surface area contributed by atoms with Crippen molar-refractivity contribution in [2.75, 3.05) is 0 Å². The summed E-state index contributed by atoms with van der Waals surface area (Å²) in [5, 5.41) is 0. The molecule has 0 radical (unpaired) electrons. The molecule has 1 heterocycles. The highest BCUT2D eigenvalue weighted by Gasteiger charge is 2.05. The van der Waals surface area contributed by atoms with Gasteiger partial charge in [0.1, 0.15) is 11.4 Å². The number of halogens is 1. The minimum absolute atomic E-state index is 0.123. The van der Waals surface area contributed by atoms with Crippen molar-refractivity contribution in [3.05, 3.63) is 54.1 Å². The summed E-state index contributed by atoms with van der Waals surface area (Å²) in [5.74, 6) is -0.0458. The van der Waals surface area contributed by atoms with Crippen molar-refractivity contribution in [1.82, 2.24) is 4.98 Å². The lowest BCUT2D eigenvalue weighted by Gasteiger charge is -2.06. The molecule has 0 atom stereocenters. The zero-order chi connectivity index (χ0) is 12.3. The molecule has 0 bridgehead atoms. The van der Waals surface area contributed by atoms with Crippen molar-refractivity contribution < 1.29 is 13.9 Å². The Morgan fingerprint density at radius 2 is 2.00 bits per heavy atom. The Balaban J connectivity index is 2.20. The van der Waals surface area contributed by atoms with Crippen LogP contribution in [0.5, 0.6) is 11.5 Å². The molecule has 2 rings (SSSR count). The van der Waals surface area contributed by atoms with Gasteiger partial charge in [-0.2, -0.15) is 0 Å². The summed E-state index contributed by atoms with van der Waals surface area (Å²) >= 11 is 0. The van der Waals surface area contributed by atoms with Gasteiger partial charge in [0.2, 0.25) is 0 Å². The molecule has 1 aromatic heterocycles. The van der Waals surface area contributed by atoms with E-state index in [1.165, 1.54) is 25.3 Å². The largest absolute Gasteiger partial charge is 0.453 e. The number of rotatable bonds is 3. The lowest BCUT2D eigenvalue weighted by molar-refractivity contribution is 0.101. The maximum atomic E-state index is 13.3. The molecule has 86 valence electrons. The van der Waals surface area contributed by atoms with E-state index < -0.39 is 5.82 Å². The first-order chi connectivity index (χ1) is 8.16. The Hall–Kier alpha value is -2.23. The lowest BCUT2D eigenvalue weighted by Crippen LogP contribution is -1.96. The van der Waals surface area contributed by atoms with E-state index in [1.807, 2.05) is 0 Å². The smallest absolute Gasteiger partial charge is 0.178 e. The van der Waals surface area contributed by atoms with Gasteiger partial charge in [-0.05, 0) is 24.3 Å². The summed E-state index contributed by atoms with van der Waals surface area (Å²) in [4.78, 5) is 14.9. The van der Waals surface area contributed by atoms with E-state index in [4.69, 9.17) is 4.74 Å². The van der Waals surface area contributed by atoms with Gasteiger partial charge in [-0.1, -0.05) is 12.1 Å². The van der Waals surface area contributed by atoms with Crippen LogP contribution in [0.25, 0.3) is 0 Å². The van der Waals surface area contributed by atoms with Crippen molar-refractivity contribution in [3.8, 4) is 11.5 Å². The summed E-state index contributed by atoms with van der Waals surface area (Å²) in [6, 6.07) is 9.21. The topological polar surface area (TPSA) is 39.2 Å². The number of aromatic nitrogens is 1. The monoisotopic (exact) mass is 231 g/mol. The molecule has 1 aromatic carbocycles. The standard InChI is InChI=1S/C13H10FNO2/c1-9(16)12-7-6-10(8-15-12)17-13-5-3-2-4-11(13)14/h2-8H,1H3. The normalized spacial score (nSPS) is 10.0. The van der Waals surface area contributed by atoms with Gasteiger partial charge in [0.15, 0.2) is 17.3 Å². The molecule has 0 unspecified atom stereocenters. The van der Waals surface area contributed by atoms with Crippen LogP contribution in [-0.4, -0.2) is 10.8 Å². The van der Waals surface area contributed by atoms with Crippen LogP contribution in [0.15, 0.2) is 42.6 Å². The summed E-state index contributed by atoms with van der Waals surface area (Å²) in [7, 11) is 0. The van der Waals surface area contributed by atoms with E-state index in [9.17, 15) is 9.18 Å². The predicted octanol–water partition coefficient (Wildman–Crippen LogP) is 3.22. The molecule has 0 N–H and O–H groups in total. The van der Waals surface area contributed by atoms with Crippen LogP contribution in [0.2, 0.25) is 0 Å². The molecule has 0 spiro atoms. The Labute approximate surface area is 97.9 Å². The number of pyridine rings is 1. The minimum atomic E-state index is -0.442. The maximum absolute atomic E-state index is 13.3. The van der Waals surface area contributed by atoms with E-state index in [1.54, 1.807) is 24.3 Å². The number of nitrogens with zero attached hydrogens (tertiary/aromatic N) is 1. The fourth-order valence-corrected chi connectivity index (χ4v) is 1.30. The first kappa shape index (κ1) is 11.3. The molecule has 2 aromatic rings. The second kappa shape index (κ2) is 4.74. The van der Waals surface area contributed by atoms with Crippen LogP contribution in [0.1, 0.15) is 17.4 Å². The molecule has 17 heavy (non-hydrogen) atoms. The number of carbonyl (C=O) groups excluding carboxylic acids is 1. The highest BCUT2D eigenvalue weighted by atomic mass is 19.1. The molecule has 0 aliphatic rings. The molecular weight excluding hydrogens is 221 g/mol. The molecule has 0 amide bonds. The first-order valence-electron chi connectivity index (χ1n) is 5.06. The second-order valence-corrected chi connectivity index (χ2v) is 3.47. The number of hydrogen-bond acceptors (Lipinski definition) is 3. The number of carbonyl (C=O) groups is 1. The van der Waals surface area contributed by atoms with Gasteiger partial charge in [0, 0.05) is 6.92 Å². The van der Waals surface area contributed by atoms with Crippen molar-refractivity contribution in [2.24, 2.45) is 0 Å². The number of ether oxygens (including phenoxy) is 1. The Morgan fingerprint density at radius 3 is 2.59 bits per heavy atom. The third-order valence-corrected chi connectivity index (χ3v) is 2.16. The summed E-state index contributed by atoms with van der Waals surface area (Å²) < 4.78 is 18.6. The third kappa shape index (κ3) is 2.66. The molecule has 4 heteroatoms. The predicted molar refractivity (Wildman–Crippen MR) is 60.7 cm³/mol. The zero-order valence-corrected chi connectivity index (χ0v) is 9.18. The van der Waals surface area contributed by atoms with Crippen molar-refractivity contribution in [2.45, 2.75) is 6.92 Å². The number of benzene rings is 1. The van der Waals surface area contributed by atoms with Crippen molar-refractivity contribution in [3.63, 3.8) is 0 Å². The zero-order valence-electron chi connectivity index (χ0n) is 9.18. The van der Waals surface area contributed by atoms with Gasteiger partial charge in [0.05, 0.1) is 6.20 Å². The number of hydrogen-bond donors (Lipinski definition) is 0. The van der Waals surface area contributed by atoms with Gasteiger partial charge in [-0.3, -0.25) is 4.79 Å². The Morgan fingerprint density at radius 1 is 1.24 bits per heavy atom. The van der Waals surface area contributed by atoms with E-state index in [-0.39, 0.29) is 11.5 Å². The third-order valence-electron chi connectivity index (χ3n) is 2.16. The highest BCUT2D eigenvalue weighted by Crippen LogP contribution is 2.23. The Kier molecular flexibility index (Phi) is 3.14. The van der Waals surface area contributed by atoms with Crippen LogP contribution < -0.4 is 4.74 Å². The van der Waals surface area contributed by atoms with E-state index in [0.717, 1.165) is 0 Å². The molecule has 0 aliphatic heterocycles. The molecule has 0 fully saturated rings. The van der Waals surface area contributed by atoms with Gasteiger partial charge < -0.3 is 4.74 Å². The quantitative estimate of drug-likeness (QED) is 0.761.